The molecular formula is C10H11ClO2. The summed E-state index contributed by atoms with van der Waals surface area (Å²) in [5.74, 6) is 0.453. The minimum absolute atomic E-state index is 0.453. The topological polar surface area (TPSA) is 26.3 Å². The number of carbonyl (C=O) groups excluding carboxylic acids is 1. The zero-order chi connectivity index (χ0) is 9.84. The minimum atomic E-state index is 0.453. The average Bonchev–Trinajstić information content (AvgIpc) is 2.16. The van der Waals surface area contributed by atoms with Crippen LogP contribution in [0.5, 0.6) is 5.75 Å². The maximum Gasteiger partial charge on any atom is 0.153 e. The molecule has 0 bridgehead atoms. The smallest absolute Gasteiger partial charge is 0.153 e. The highest BCUT2D eigenvalue weighted by atomic mass is 35.5. The molecule has 70 valence electrons. The standard InChI is InChI=1S/C10H11ClO2/c1-3-7-4-8(6-12)10(13-2)9(11)5-7/h4-6H,3H2,1-2H3. The van der Waals surface area contributed by atoms with Gasteiger partial charge in [-0.1, -0.05) is 18.5 Å². The van der Waals surface area contributed by atoms with Crippen LogP contribution in [0.15, 0.2) is 12.1 Å². The van der Waals surface area contributed by atoms with E-state index in [-0.39, 0.29) is 0 Å². The number of hydrogen-bond donors (Lipinski definition) is 0. The molecule has 0 heterocycles. The zero-order valence-electron chi connectivity index (χ0n) is 7.63. The summed E-state index contributed by atoms with van der Waals surface area (Å²) in [4.78, 5) is 10.7. The molecule has 0 unspecified atom stereocenters. The average molecular weight is 199 g/mol. The van der Waals surface area contributed by atoms with Gasteiger partial charge in [-0.2, -0.15) is 0 Å². The molecule has 0 amide bonds. The minimum Gasteiger partial charge on any atom is -0.494 e. The Balaban J connectivity index is 3.28. The first-order chi connectivity index (χ1) is 6.22. The molecule has 0 atom stereocenters. The van der Waals surface area contributed by atoms with Crippen molar-refractivity contribution in [3.8, 4) is 5.75 Å². The Bertz CT molecular complexity index is 321. The van der Waals surface area contributed by atoms with Crippen LogP contribution in [0, 0.1) is 0 Å². The Morgan fingerprint density at radius 1 is 1.54 bits per heavy atom. The molecule has 1 aromatic carbocycles. The van der Waals surface area contributed by atoms with Gasteiger partial charge in [0.15, 0.2) is 6.29 Å². The van der Waals surface area contributed by atoms with E-state index < -0.39 is 0 Å². The number of carbonyl (C=O) groups is 1. The second-order valence-electron chi connectivity index (χ2n) is 2.67. The second kappa shape index (κ2) is 4.28. The van der Waals surface area contributed by atoms with Gasteiger partial charge < -0.3 is 4.74 Å². The van der Waals surface area contributed by atoms with Gasteiger partial charge in [0.25, 0.3) is 0 Å². The highest BCUT2D eigenvalue weighted by Crippen LogP contribution is 2.29. The normalized spacial score (nSPS) is 9.77. The molecule has 13 heavy (non-hydrogen) atoms. The number of halogens is 1. The lowest BCUT2D eigenvalue weighted by molar-refractivity contribution is 0.112. The third-order valence-corrected chi connectivity index (χ3v) is 2.15. The number of ether oxygens (including phenoxy) is 1. The van der Waals surface area contributed by atoms with Crippen LogP contribution >= 0.6 is 11.6 Å². The highest BCUT2D eigenvalue weighted by molar-refractivity contribution is 6.32. The zero-order valence-corrected chi connectivity index (χ0v) is 8.39. The Hall–Kier alpha value is -1.02. The predicted molar refractivity (Wildman–Crippen MR) is 52.8 cm³/mol. The first kappa shape index (κ1) is 10.1. The lowest BCUT2D eigenvalue weighted by Gasteiger charge is -2.07. The summed E-state index contributed by atoms with van der Waals surface area (Å²) in [6.45, 7) is 2.01. The van der Waals surface area contributed by atoms with Crippen LogP contribution in [0.1, 0.15) is 22.8 Å². The third-order valence-electron chi connectivity index (χ3n) is 1.87. The maximum absolute atomic E-state index is 10.7. The summed E-state index contributed by atoms with van der Waals surface area (Å²) in [5.41, 5.74) is 1.54. The van der Waals surface area contributed by atoms with Gasteiger partial charge in [-0.05, 0) is 24.1 Å². The van der Waals surface area contributed by atoms with Gasteiger partial charge in [-0.3, -0.25) is 4.79 Å². The fourth-order valence-corrected chi connectivity index (χ4v) is 1.51. The summed E-state index contributed by atoms with van der Waals surface area (Å²) < 4.78 is 5.00. The first-order valence-corrected chi connectivity index (χ1v) is 4.42. The summed E-state index contributed by atoms with van der Waals surface area (Å²) in [5, 5.41) is 0.490. The monoisotopic (exact) mass is 198 g/mol. The predicted octanol–water partition coefficient (Wildman–Crippen LogP) is 2.72. The SMILES string of the molecule is CCc1cc(Cl)c(OC)c(C=O)c1. The summed E-state index contributed by atoms with van der Waals surface area (Å²) in [6.07, 6.45) is 1.61. The van der Waals surface area contributed by atoms with Crippen molar-refractivity contribution in [2.75, 3.05) is 7.11 Å². The first-order valence-electron chi connectivity index (χ1n) is 4.04. The number of hydrogen-bond acceptors (Lipinski definition) is 2. The van der Waals surface area contributed by atoms with Crippen LogP contribution in [0.3, 0.4) is 0 Å². The van der Waals surface area contributed by atoms with Crippen molar-refractivity contribution in [1.29, 1.82) is 0 Å². The van der Waals surface area contributed by atoms with E-state index in [0.717, 1.165) is 18.3 Å². The van der Waals surface area contributed by atoms with Gasteiger partial charge >= 0.3 is 0 Å². The van der Waals surface area contributed by atoms with Crippen LogP contribution in [-0.4, -0.2) is 13.4 Å². The molecule has 0 aromatic heterocycles. The summed E-state index contributed by atoms with van der Waals surface area (Å²) in [6, 6.07) is 3.60. The molecule has 0 aliphatic rings. The number of rotatable bonds is 3. The maximum atomic E-state index is 10.7. The fourth-order valence-electron chi connectivity index (χ4n) is 1.18. The van der Waals surface area contributed by atoms with Crippen molar-refractivity contribution in [1.82, 2.24) is 0 Å². The van der Waals surface area contributed by atoms with Crippen LogP contribution < -0.4 is 4.74 Å². The molecule has 0 spiro atoms. The Labute approximate surface area is 82.5 Å². The van der Waals surface area contributed by atoms with Crippen LogP contribution in [0.25, 0.3) is 0 Å². The Morgan fingerprint density at radius 3 is 2.69 bits per heavy atom. The Morgan fingerprint density at radius 2 is 2.23 bits per heavy atom. The van der Waals surface area contributed by atoms with Gasteiger partial charge in [-0.25, -0.2) is 0 Å². The van der Waals surface area contributed by atoms with Crippen molar-refractivity contribution in [3.05, 3.63) is 28.3 Å². The molecule has 3 heteroatoms. The molecule has 0 fully saturated rings. The van der Waals surface area contributed by atoms with Gasteiger partial charge in [0.05, 0.1) is 17.7 Å². The lowest BCUT2D eigenvalue weighted by atomic mass is 10.1. The molecule has 1 aromatic rings. The largest absolute Gasteiger partial charge is 0.494 e. The molecule has 0 aliphatic heterocycles. The van der Waals surface area contributed by atoms with Crippen molar-refractivity contribution in [2.24, 2.45) is 0 Å². The molecule has 1 rings (SSSR count). The van der Waals surface area contributed by atoms with Crippen LogP contribution in [0.4, 0.5) is 0 Å². The molecule has 2 nitrogen and oxygen atoms in total. The van der Waals surface area contributed by atoms with E-state index in [0.29, 0.717) is 16.3 Å². The molecule has 0 aliphatic carbocycles. The van der Waals surface area contributed by atoms with E-state index in [1.807, 2.05) is 13.0 Å². The van der Waals surface area contributed by atoms with E-state index in [9.17, 15) is 4.79 Å². The molecule has 0 saturated heterocycles. The molecule has 0 N–H and O–H groups in total. The van der Waals surface area contributed by atoms with E-state index in [4.69, 9.17) is 16.3 Å². The quantitative estimate of drug-likeness (QED) is 0.699. The molecule has 0 radical (unpaired) electrons. The van der Waals surface area contributed by atoms with Crippen molar-refractivity contribution < 1.29 is 9.53 Å². The summed E-state index contributed by atoms with van der Waals surface area (Å²) in [7, 11) is 1.50. The lowest BCUT2D eigenvalue weighted by Crippen LogP contribution is -1.93. The number of benzene rings is 1. The number of aryl methyl sites for hydroxylation is 1. The fraction of sp³-hybridized carbons (Fsp3) is 0.300. The summed E-state index contributed by atoms with van der Waals surface area (Å²) >= 11 is 5.91. The highest BCUT2D eigenvalue weighted by Gasteiger charge is 2.08. The Kier molecular flexibility index (Phi) is 3.32. The van der Waals surface area contributed by atoms with E-state index >= 15 is 0 Å². The van der Waals surface area contributed by atoms with E-state index in [1.165, 1.54) is 7.11 Å². The number of aldehydes is 1. The number of methoxy groups -OCH3 is 1. The van der Waals surface area contributed by atoms with Gasteiger partial charge in [0.2, 0.25) is 0 Å². The van der Waals surface area contributed by atoms with Crippen molar-refractivity contribution >= 4 is 17.9 Å². The molecule has 0 saturated carbocycles. The van der Waals surface area contributed by atoms with Crippen LogP contribution in [0.2, 0.25) is 5.02 Å². The van der Waals surface area contributed by atoms with E-state index in [2.05, 4.69) is 0 Å². The van der Waals surface area contributed by atoms with Crippen molar-refractivity contribution in [3.63, 3.8) is 0 Å². The second-order valence-corrected chi connectivity index (χ2v) is 3.08. The van der Waals surface area contributed by atoms with Gasteiger partial charge in [0.1, 0.15) is 5.75 Å². The van der Waals surface area contributed by atoms with Crippen LogP contribution in [-0.2, 0) is 6.42 Å². The molecular weight excluding hydrogens is 188 g/mol. The third kappa shape index (κ3) is 2.01. The van der Waals surface area contributed by atoms with E-state index in [1.54, 1.807) is 6.07 Å². The van der Waals surface area contributed by atoms with Gasteiger partial charge in [0, 0.05) is 0 Å². The van der Waals surface area contributed by atoms with Crippen molar-refractivity contribution in [2.45, 2.75) is 13.3 Å². The van der Waals surface area contributed by atoms with Gasteiger partial charge in [-0.15, -0.1) is 0 Å².